The molecule has 16 heavy (non-hydrogen) atoms. The summed E-state index contributed by atoms with van der Waals surface area (Å²) in [5.41, 5.74) is 0.938. The zero-order valence-corrected chi connectivity index (χ0v) is 10.0. The van der Waals surface area contributed by atoms with Crippen molar-refractivity contribution in [1.82, 2.24) is 20.8 Å². The molecule has 2 heterocycles. The summed E-state index contributed by atoms with van der Waals surface area (Å²) in [6.07, 6.45) is 2.60. The number of piperidine rings is 1. The fourth-order valence-electron chi connectivity index (χ4n) is 1.94. The van der Waals surface area contributed by atoms with Crippen LogP contribution in [-0.2, 0) is 6.54 Å². The topological polar surface area (TPSA) is 49.8 Å². The van der Waals surface area contributed by atoms with Crippen LogP contribution >= 0.6 is 11.6 Å². The van der Waals surface area contributed by atoms with Crippen LogP contribution in [-0.4, -0.2) is 29.8 Å². The molecule has 88 valence electrons. The van der Waals surface area contributed by atoms with Gasteiger partial charge in [-0.2, -0.15) is 5.10 Å². The SMILES string of the molecule is Clc1ccc(CNC[C@H]2CCCNC2)nn1. The lowest BCUT2D eigenvalue weighted by Crippen LogP contribution is -2.35. The van der Waals surface area contributed by atoms with E-state index in [9.17, 15) is 0 Å². The first-order valence-electron chi connectivity index (χ1n) is 5.74. The van der Waals surface area contributed by atoms with Crippen LogP contribution in [0.25, 0.3) is 0 Å². The highest BCUT2D eigenvalue weighted by Gasteiger charge is 2.11. The lowest BCUT2D eigenvalue weighted by Gasteiger charge is -2.22. The molecule has 0 aromatic carbocycles. The molecule has 2 rings (SSSR count). The van der Waals surface area contributed by atoms with Crippen molar-refractivity contribution in [2.45, 2.75) is 19.4 Å². The van der Waals surface area contributed by atoms with E-state index in [1.54, 1.807) is 6.07 Å². The van der Waals surface area contributed by atoms with Gasteiger partial charge in [0, 0.05) is 6.54 Å². The van der Waals surface area contributed by atoms with E-state index >= 15 is 0 Å². The third-order valence-corrected chi connectivity index (χ3v) is 3.03. The Kier molecular flexibility index (Phi) is 4.51. The van der Waals surface area contributed by atoms with E-state index in [2.05, 4.69) is 20.8 Å². The van der Waals surface area contributed by atoms with Gasteiger partial charge in [-0.15, -0.1) is 5.10 Å². The van der Waals surface area contributed by atoms with Crippen molar-refractivity contribution in [3.8, 4) is 0 Å². The van der Waals surface area contributed by atoms with Crippen molar-refractivity contribution >= 4 is 11.6 Å². The standard InChI is InChI=1S/C11H17ClN4/c12-11-4-3-10(15-16-11)8-14-7-9-2-1-5-13-6-9/h3-4,9,13-14H,1-2,5-8H2/t9-/m0/s1. The maximum absolute atomic E-state index is 5.67. The second kappa shape index (κ2) is 6.13. The number of rotatable bonds is 4. The minimum absolute atomic E-state index is 0.445. The van der Waals surface area contributed by atoms with Crippen LogP contribution in [0.1, 0.15) is 18.5 Å². The number of halogens is 1. The largest absolute Gasteiger partial charge is 0.316 e. The molecule has 5 heteroatoms. The van der Waals surface area contributed by atoms with Gasteiger partial charge in [-0.05, 0) is 50.5 Å². The zero-order valence-electron chi connectivity index (χ0n) is 9.25. The quantitative estimate of drug-likeness (QED) is 0.831. The summed E-state index contributed by atoms with van der Waals surface area (Å²) in [6.45, 7) is 4.09. The van der Waals surface area contributed by atoms with Gasteiger partial charge in [0.2, 0.25) is 0 Å². The fourth-order valence-corrected chi connectivity index (χ4v) is 2.04. The van der Waals surface area contributed by atoms with Gasteiger partial charge in [0.05, 0.1) is 5.69 Å². The number of nitrogens with zero attached hydrogens (tertiary/aromatic N) is 2. The minimum atomic E-state index is 0.445. The van der Waals surface area contributed by atoms with E-state index in [4.69, 9.17) is 11.6 Å². The van der Waals surface area contributed by atoms with E-state index in [-0.39, 0.29) is 0 Å². The van der Waals surface area contributed by atoms with Gasteiger partial charge >= 0.3 is 0 Å². The van der Waals surface area contributed by atoms with Crippen molar-refractivity contribution in [3.63, 3.8) is 0 Å². The number of hydrogen-bond donors (Lipinski definition) is 2. The highest BCUT2D eigenvalue weighted by molar-refractivity contribution is 6.29. The molecule has 0 aliphatic carbocycles. The van der Waals surface area contributed by atoms with E-state index < -0.39 is 0 Å². The highest BCUT2D eigenvalue weighted by Crippen LogP contribution is 2.08. The first-order chi connectivity index (χ1) is 7.84. The van der Waals surface area contributed by atoms with Crippen LogP contribution in [0, 0.1) is 5.92 Å². The molecule has 0 spiro atoms. The van der Waals surface area contributed by atoms with Gasteiger partial charge in [-0.1, -0.05) is 11.6 Å². The fraction of sp³-hybridized carbons (Fsp3) is 0.636. The highest BCUT2D eigenvalue weighted by atomic mass is 35.5. The molecule has 1 atom stereocenters. The minimum Gasteiger partial charge on any atom is -0.316 e. The Bertz CT molecular complexity index is 308. The third kappa shape index (κ3) is 3.70. The lowest BCUT2D eigenvalue weighted by atomic mass is 10.00. The van der Waals surface area contributed by atoms with Crippen LogP contribution in [0.2, 0.25) is 5.15 Å². The molecule has 0 bridgehead atoms. The van der Waals surface area contributed by atoms with Gasteiger partial charge in [0.1, 0.15) is 0 Å². The van der Waals surface area contributed by atoms with Crippen molar-refractivity contribution in [3.05, 3.63) is 23.0 Å². The molecule has 0 saturated carbocycles. The predicted octanol–water partition coefficient (Wildman–Crippen LogP) is 1.22. The molecule has 2 N–H and O–H groups in total. The molecule has 1 saturated heterocycles. The summed E-state index contributed by atoms with van der Waals surface area (Å²) in [6, 6.07) is 3.68. The predicted molar refractivity (Wildman–Crippen MR) is 64.3 cm³/mol. The van der Waals surface area contributed by atoms with Crippen molar-refractivity contribution in [2.24, 2.45) is 5.92 Å². The molecule has 1 aromatic heterocycles. The summed E-state index contributed by atoms with van der Waals surface area (Å²) in [7, 11) is 0. The summed E-state index contributed by atoms with van der Waals surface area (Å²) in [4.78, 5) is 0. The van der Waals surface area contributed by atoms with E-state index in [1.807, 2.05) is 6.07 Å². The summed E-state index contributed by atoms with van der Waals surface area (Å²) >= 11 is 5.67. The second-order valence-corrected chi connectivity index (χ2v) is 4.58. The average Bonchev–Trinajstić information content (AvgIpc) is 2.33. The first-order valence-corrected chi connectivity index (χ1v) is 6.12. The van der Waals surface area contributed by atoms with Crippen LogP contribution in [0.4, 0.5) is 0 Å². The van der Waals surface area contributed by atoms with Crippen molar-refractivity contribution < 1.29 is 0 Å². The molecule has 1 fully saturated rings. The van der Waals surface area contributed by atoms with E-state index in [0.29, 0.717) is 5.15 Å². The van der Waals surface area contributed by atoms with Gasteiger partial charge in [0.15, 0.2) is 5.15 Å². The van der Waals surface area contributed by atoms with Gasteiger partial charge in [-0.3, -0.25) is 0 Å². The molecule has 0 radical (unpaired) electrons. The Balaban J connectivity index is 1.69. The Hall–Kier alpha value is -0.710. The zero-order chi connectivity index (χ0) is 11.2. The Labute approximate surface area is 101 Å². The maximum atomic E-state index is 5.67. The van der Waals surface area contributed by atoms with Crippen molar-refractivity contribution in [2.75, 3.05) is 19.6 Å². The van der Waals surface area contributed by atoms with Gasteiger partial charge in [0.25, 0.3) is 0 Å². The maximum Gasteiger partial charge on any atom is 0.151 e. The number of hydrogen-bond acceptors (Lipinski definition) is 4. The first kappa shape index (κ1) is 11.8. The molecule has 0 unspecified atom stereocenters. The summed E-state index contributed by atoms with van der Waals surface area (Å²) < 4.78 is 0. The molecular weight excluding hydrogens is 224 g/mol. The lowest BCUT2D eigenvalue weighted by molar-refractivity contribution is 0.359. The van der Waals surface area contributed by atoms with Crippen molar-refractivity contribution in [1.29, 1.82) is 0 Å². The smallest absolute Gasteiger partial charge is 0.151 e. The molecule has 1 aliphatic heterocycles. The molecule has 4 nitrogen and oxygen atoms in total. The molecule has 1 aliphatic rings. The monoisotopic (exact) mass is 240 g/mol. The van der Waals surface area contributed by atoms with Crippen LogP contribution < -0.4 is 10.6 Å². The number of nitrogens with one attached hydrogen (secondary N) is 2. The Morgan fingerprint density at radius 2 is 2.38 bits per heavy atom. The normalized spacial score (nSPS) is 20.9. The average molecular weight is 241 g/mol. The van der Waals surface area contributed by atoms with E-state index in [1.165, 1.54) is 19.4 Å². The number of aromatic nitrogens is 2. The third-order valence-electron chi connectivity index (χ3n) is 2.83. The molecule has 1 aromatic rings. The Morgan fingerprint density at radius 1 is 1.44 bits per heavy atom. The van der Waals surface area contributed by atoms with E-state index in [0.717, 1.165) is 31.2 Å². The van der Waals surface area contributed by atoms with Crippen LogP contribution in [0.5, 0.6) is 0 Å². The van der Waals surface area contributed by atoms with Crippen LogP contribution in [0.3, 0.4) is 0 Å². The summed E-state index contributed by atoms with van der Waals surface area (Å²) in [5, 5.41) is 15.1. The van der Waals surface area contributed by atoms with Gasteiger partial charge in [-0.25, -0.2) is 0 Å². The Morgan fingerprint density at radius 3 is 3.06 bits per heavy atom. The second-order valence-electron chi connectivity index (χ2n) is 4.19. The molecular formula is C11H17ClN4. The van der Waals surface area contributed by atoms with Crippen LogP contribution in [0.15, 0.2) is 12.1 Å². The molecule has 0 amide bonds. The van der Waals surface area contributed by atoms with Gasteiger partial charge < -0.3 is 10.6 Å². The summed E-state index contributed by atoms with van der Waals surface area (Å²) in [5.74, 6) is 0.744.